The van der Waals surface area contributed by atoms with Gasteiger partial charge in [-0.15, -0.1) is 0 Å². The van der Waals surface area contributed by atoms with Crippen LogP contribution in [0.5, 0.6) is 11.5 Å². The van der Waals surface area contributed by atoms with Crippen molar-refractivity contribution in [2.24, 2.45) is 11.8 Å². The molecule has 3 amide bonds. The Hall–Kier alpha value is -3.39. The third kappa shape index (κ3) is 7.28. The summed E-state index contributed by atoms with van der Waals surface area (Å²) in [7, 11) is 0. The Morgan fingerprint density at radius 3 is 2.41 bits per heavy atom. The van der Waals surface area contributed by atoms with E-state index in [1.165, 1.54) is 43.4 Å². The molecule has 1 saturated heterocycles. The van der Waals surface area contributed by atoms with Crippen LogP contribution in [0.4, 0.5) is 5.69 Å². The lowest BCUT2D eigenvalue weighted by Gasteiger charge is -2.39. The van der Waals surface area contributed by atoms with Crippen molar-refractivity contribution >= 4 is 23.4 Å². The zero-order valence-corrected chi connectivity index (χ0v) is 24.4. The first-order valence-electron chi connectivity index (χ1n) is 15.4. The molecule has 8 heteroatoms. The SMILES string of the molecule is CC(C)[C@H](C(=O)N1CCC(NCCC2CCCCC2)CC1)N1CC(=O)Nc2ccc(Oc3ccccc3)cc2C1=O. The lowest BCUT2D eigenvalue weighted by Crippen LogP contribution is -2.56. The minimum atomic E-state index is -0.728. The number of nitrogens with one attached hydrogen (secondary N) is 2. The van der Waals surface area contributed by atoms with E-state index in [1.54, 1.807) is 18.2 Å². The van der Waals surface area contributed by atoms with Gasteiger partial charge in [-0.2, -0.15) is 0 Å². The van der Waals surface area contributed by atoms with Gasteiger partial charge in [0.05, 0.1) is 11.3 Å². The Bertz CT molecular complexity index is 1200. The van der Waals surface area contributed by atoms with Gasteiger partial charge in [-0.05, 0) is 68.0 Å². The van der Waals surface area contributed by atoms with Crippen LogP contribution in [0.25, 0.3) is 0 Å². The van der Waals surface area contributed by atoms with E-state index < -0.39 is 6.04 Å². The molecule has 3 aliphatic rings. The normalized spacial score (nSPS) is 19.5. The fourth-order valence-electron chi connectivity index (χ4n) is 6.53. The third-order valence-corrected chi connectivity index (χ3v) is 8.79. The van der Waals surface area contributed by atoms with Crippen LogP contribution in [-0.2, 0) is 9.59 Å². The maximum Gasteiger partial charge on any atom is 0.257 e. The summed E-state index contributed by atoms with van der Waals surface area (Å²) in [6, 6.07) is 14.1. The maximum atomic E-state index is 13.9. The monoisotopic (exact) mass is 560 g/mol. The molecule has 1 saturated carbocycles. The first-order chi connectivity index (χ1) is 19.9. The second-order valence-corrected chi connectivity index (χ2v) is 12.1. The zero-order valence-electron chi connectivity index (χ0n) is 24.4. The van der Waals surface area contributed by atoms with Crippen LogP contribution in [0.2, 0.25) is 0 Å². The standard InChI is InChI=1S/C33H44N4O4/c1-23(2)31(33(40)36-19-16-25(17-20-36)34-18-15-24-9-5-3-6-10-24)37-22-30(38)35-29-14-13-27(21-28(29)32(37)39)41-26-11-7-4-8-12-26/h4,7-8,11-14,21,23-25,31,34H,3,5-6,9-10,15-20,22H2,1-2H3,(H,35,38)/t31-/m1/s1. The first-order valence-corrected chi connectivity index (χ1v) is 15.4. The molecule has 1 atom stereocenters. The quantitative estimate of drug-likeness (QED) is 0.426. The van der Waals surface area contributed by atoms with Crippen molar-refractivity contribution in [3.05, 3.63) is 54.1 Å². The van der Waals surface area contributed by atoms with E-state index in [0.29, 0.717) is 41.9 Å². The molecule has 2 fully saturated rings. The topological polar surface area (TPSA) is 91.0 Å². The molecule has 2 aliphatic heterocycles. The largest absolute Gasteiger partial charge is 0.457 e. The number of anilines is 1. The molecule has 2 heterocycles. The first kappa shape index (κ1) is 29.1. The summed E-state index contributed by atoms with van der Waals surface area (Å²) >= 11 is 0. The minimum Gasteiger partial charge on any atom is -0.457 e. The molecular formula is C33H44N4O4. The predicted molar refractivity (Wildman–Crippen MR) is 160 cm³/mol. The van der Waals surface area contributed by atoms with Crippen molar-refractivity contribution in [3.63, 3.8) is 0 Å². The number of carbonyl (C=O) groups excluding carboxylic acids is 3. The van der Waals surface area contributed by atoms with Gasteiger partial charge in [-0.1, -0.05) is 64.2 Å². The number of amides is 3. The van der Waals surface area contributed by atoms with Crippen LogP contribution in [0.3, 0.4) is 0 Å². The fraction of sp³-hybridized carbons (Fsp3) is 0.545. The van der Waals surface area contributed by atoms with Crippen LogP contribution < -0.4 is 15.4 Å². The number of hydrogen-bond donors (Lipinski definition) is 2. The maximum absolute atomic E-state index is 13.9. The van der Waals surface area contributed by atoms with Crippen LogP contribution in [-0.4, -0.2) is 65.8 Å². The molecule has 0 bridgehead atoms. The van der Waals surface area contributed by atoms with Crippen molar-refractivity contribution in [3.8, 4) is 11.5 Å². The average molecular weight is 561 g/mol. The molecule has 8 nitrogen and oxygen atoms in total. The molecule has 0 radical (unpaired) electrons. The van der Waals surface area contributed by atoms with E-state index in [0.717, 1.165) is 25.3 Å². The van der Waals surface area contributed by atoms with Gasteiger partial charge in [0.15, 0.2) is 0 Å². The average Bonchev–Trinajstić information content (AvgIpc) is 3.10. The molecule has 2 aromatic rings. The summed E-state index contributed by atoms with van der Waals surface area (Å²) in [6.45, 7) is 6.06. The molecule has 0 aromatic heterocycles. The highest BCUT2D eigenvalue weighted by Gasteiger charge is 2.40. The predicted octanol–water partition coefficient (Wildman–Crippen LogP) is 5.45. The van der Waals surface area contributed by atoms with Gasteiger partial charge >= 0.3 is 0 Å². The van der Waals surface area contributed by atoms with Crippen LogP contribution in [0, 0.1) is 11.8 Å². The van der Waals surface area contributed by atoms with Gasteiger partial charge in [0, 0.05) is 19.1 Å². The van der Waals surface area contributed by atoms with E-state index >= 15 is 0 Å². The van der Waals surface area contributed by atoms with Crippen molar-refractivity contribution < 1.29 is 19.1 Å². The summed E-state index contributed by atoms with van der Waals surface area (Å²) in [4.78, 5) is 44.1. The van der Waals surface area contributed by atoms with E-state index in [2.05, 4.69) is 10.6 Å². The second kappa shape index (κ2) is 13.5. The van der Waals surface area contributed by atoms with Crippen LogP contribution >= 0.6 is 0 Å². The lowest BCUT2D eigenvalue weighted by atomic mass is 9.87. The summed E-state index contributed by atoms with van der Waals surface area (Å²) in [6.07, 6.45) is 9.91. The number of carbonyl (C=O) groups is 3. The summed E-state index contributed by atoms with van der Waals surface area (Å²) < 4.78 is 5.95. The Morgan fingerprint density at radius 1 is 0.976 bits per heavy atom. The summed E-state index contributed by atoms with van der Waals surface area (Å²) in [5, 5.41) is 6.58. The number of ether oxygens (including phenoxy) is 1. The van der Waals surface area contributed by atoms with Gasteiger partial charge < -0.3 is 25.2 Å². The van der Waals surface area contributed by atoms with E-state index in [9.17, 15) is 14.4 Å². The molecule has 2 aromatic carbocycles. The summed E-state index contributed by atoms with van der Waals surface area (Å²) in [5.41, 5.74) is 0.751. The van der Waals surface area contributed by atoms with Crippen LogP contribution in [0.1, 0.15) is 75.6 Å². The molecule has 220 valence electrons. The van der Waals surface area contributed by atoms with Gasteiger partial charge in [0.25, 0.3) is 5.91 Å². The summed E-state index contributed by atoms with van der Waals surface area (Å²) in [5.74, 6) is 1.11. The number of nitrogens with zero attached hydrogens (tertiary/aromatic N) is 2. The second-order valence-electron chi connectivity index (χ2n) is 12.1. The Balaban J connectivity index is 1.24. The van der Waals surface area contributed by atoms with Crippen molar-refractivity contribution in [1.82, 2.24) is 15.1 Å². The molecule has 1 aliphatic carbocycles. The highest BCUT2D eigenvalue weighted by Crippen LogP contribution is 2.31. The van der Waals surface area contributed by atoms with Crippen LogP contribution in [0.15, 0.2) is 48.5 Å². The van der Waals surface area contributed by atoms with E-state index in [-0.39, 0.29) is 30.2 Å². The zero-order chi connectivity index (χ0) is 28.8. The highest BCUT2D eigenvalue weighted by molar-refractivity contribution is 6.10. The molecule has 41 heavy (non-hydrogen) atoms. The van der Waals surface area contributed by atoms with Gasteiger partial charge in [-0.25, -0.2) is 0 Å². The number of para-hydroxylation sites is 1. The highest BCUT2D eigenvalue weighted by atomic mass is 16.5. The third-order valence-electron chi connectivity index (χ3n) is 8.79. The number of rotatable bonds is 9. The van der Waals surface area contributed by atoms with Gasteiger partial charge in [-0.3, -0.25) is 14.4 Å². The minimum absolute atomic E-state index is 0.0815. The smallest absolute Gasteiger partial charge is 0.257 e. The molecule has 0 spiro atoms. The number of likely N-dealkylation sites (tertiary alicyclic amines) is 1. The van der Waals surface area contributed by atoms with Crippen molar-refractivity contribution in [1.29, 1.82) is 0 Å². The number of piperidine rings is 1. The van der Waals surface area contributed by atoms with Gasteiger partial charge in [0.2, 0.25) is 11.8 Å². The number of hydrogen-bond acceptors (Lipinski definition) is 5. The van der Waals surface area contributed by atoms with Gasteiger partial charge in [0.1, 0.15) is 24.1 Å². The van der Waals surface area contributed by atoms with E-state index in [1.807, 2.05) is 49.1 Å². The Kier molecular flexibility index (Phi) is 9.60. The Morgan fingerprint density at radius 2 is 1.71 bits per heavy atom. The Labute approximate surface area is 243 Å². The van der Waals surface area contributed by atoms with Crippen molar-refractivity contribution in [2.45, 2.75) is 77.3 Å². The van der Waals surface area contributed by atoms with E-state index in [4.69, 9.17) is 4.74 Å². The molecule has 2 N–H and O–H groups in total. The number of benzene rings is 2. The lowest BCUT2D eigenvalue weighted by molar-refractivity contribution is -0.139. The molecule has 0 unspecified atom stereocenters. The van der Waals surface area contributed by atoms with Crippen molar-refractivity contribution in [2.75, 3.05) is 31.5 Å². The molecular weight excluding hydrogens is 516 g/mol. The fourth-order valence-corrected chi connectivity index (χ4v) is 6.53. The molecule has 5 rings (SSSR count). The number of fused-ring (bicyclic) bond motifs is 1.